The Labute approximate surface area is 123 Å². The maximum Gasteiger partial charge on any atom is 0.246 e. The fourth-order valence-corrected chi connectivity index (χ4v) is 2.72. The van der Waals surface area contributed by atoms with E-state index in [1.807, 2.05) is 12.1 Å². The van der Waals surface area contributed by atoms with Gasteiger partial charge in [0.05, 0.1) is 0 Å². The first-order valence-electron chi connectivity index (χ1n) is 6.91. The maximum absolute atomic E-state index is 12.5. The van der Waals surface area contributed by atoms with Crippen molar-refractivity contribution in [3.8, 4) is 0 Å². The molecule has 0 aromatic heterocycles. The Morgan fingerprint density at radius 2 is 1.90 bits per heavy atom. The van der Waals surface area contributed by atoms with Crippen molar-refractivity contribution in [3.05, 3.63) is 34.9 Å². The van der Waals surface area contributed by atoms with E-state index in [0.717, 1.165) is 18.4 Å². The third-order valence-corrected chi connectivity index (χ3v) is 4.31. The lowest BCUT2D eigenvalue weighted by Gasteiger charge is -2.37. The van der Waals surface area contributed by atoms with E-state index in [4.69, 9.17) is 11.6 Å². The standard InChI is InChI=1S/C15H17ClN2O2/c1-9-14(19)17-13(11-4-5-11)15(20)18(9)8-10-2-6-12(16)7-3-10/h2-3,6-7,9,11,13H,4-5,8H2,1H3,(H,17,19). The highest BCUT2D eigenvalue weighted by molar-refractivity contribution is 6.30. The largest absolute Gasteiger partial charge is 0.342 e. The molecule has 1 aliphatic carbocycles. The van der Waals surface area contributed by atoms with Crippen molar-refractivity contribution in [1.82, 2.24) is 10.2 Å². The molecule has 1 aromatic carbocycles. The van der Waals surface area contributed by atoms with Gasteiger partial charge >= 0.3 is 0 Å². The van der Waals surface area contributed by atoms with Gasteiger partial charge in [-0.15, -0.1) is 0 Å². The van der Waals surface area contributed by atoms with Crippen molar-refractivity contribution < 1.29 is 9.59 Å². The van der Waals surface area contributed by atoms with Gasteiger partial charge in [-0.1, -0.05) is 23.7 Å². The molecule has 1 saturated heterocycles. The number of nitrogens with one attached hydrogen (secondary N) is 1. The normalized spacial score (nSPS) is 26.6. The van der Waals surface area contributed by atoms with Crippen LogP contribution in [0.3, 0.4) is 0 Å². The predicted molar refractivity (Wildman–Crippen MR) is 76.1 cm³/mol. The number of hydrogen-bond donors (Lipinski definition) is 1. The van der Waals surface area contributed by atoms with Crippen LogP contribution in [0, 0.1) is 5.92 Å². The molecule has 0 spiro atoms. The summed E-state index contributed by atoms with van der Waals surface area (Å²) in [6.45, 7) is 2.22. The summed E-state index contributed by atoms with van der Waals surface area (Å²) in [7, 11) is 0. The van der Waals surface area contributed by atoms with E-state index < -0.39 is 6.04 Å². The topological polar surface area (TPSA) is 49.4 Å². The molecular formula is C15H17ClN2O2. The lowest BCUT2D eigenvalue weighted by atomic mass is 10.0. The van der Waals surface area contributed by atoms with Gasteiger partial charge in [0.1, 0.15) is 12.1 Å². The van der Waals surface area contributed by atoms with Crippen molar-refractivity contribution in [2.75, 3.05) is 0 Å². The van der Waals surface area contributed by atoms with Gasteiger partial charge in [-0.25, -0.2) is 0 Å². The Bertz CT molecular complexity index is 539. The average molecular weight is 293 g/mol. The molecule has 1 saturated carbocycles. The second-order valence-electron chi connectivity index (χ2n) is 5.59. The Balaban J connectivity index is 1.79. The lowest BCUT2D eigenvalue weighted by Crippen LogP contribution is -2.62. The quantitative estimate of drug-likeness (QED) is 0.926. The fraction of sp³-hybridized carbons (Fsp3) is 0.467. The SMILES string of the molecule is CC1C(=O)NC(C2CC2)C(=O)N1Cc1ccc(Cl)cc1. The Hall–Kier alpha value is -1.55. The van der Waals surface area contributed by atoms with Gasteiger partial charge < -0.3 is 10.2 Å². The lowest BCUT2D eigenvalue weighted by molar-refractivity contribution is -0.149. The van der Waals surface area contributed by atoms with E-state index >= 15 is 0 Å². The van der Waals surface area contributed by atoms with Gasteiger partial charge in [0.15, 0.2) is 0 Å². The summed E-state index contributed by atoms with van der Waals surface area (Å²) in [6, 6.07) is 6.63. The molecule has 2 fully saturated rings. The minimum atomic E-state index is -0.423. The number of amides is 2. The average Bonchev–Trinajstić information content (AvgIpc) is 3.25. The summed E-state index contributed by atoms with van der Waals surface area (Å²) in [5.41, 5.74) is 0.985. The van der Waals surface area contributed by atoms with Crippen molar-refractivity contribution in [1.29, 1.82) is 0 Å². The van der Waals surface area contributed by atoms with Crippen LogP contribution in [0.4, 0.5) is 0 Å². The van der Waals surface area contributed by atoms with Crippen molar-refractivity contribution in [2.45, 2.75) is 38.4 Å². The highest BCUT2D eigenvalue weighted by Crippen LogP contribution is 2.35. The minimum Gasteiger partial charge on any atom is -0.342 e. The maximum atomic E-state index is 12.5. The van der Waals surface area contributed by atoms with Crippen LogP contribution in [-0.4, -0.2) is 28.8 Å². The van der Waals surface area contributed by atoms with E-state index in [1.54, 1.807) is 24.0 Å². The Morgan fingerprint density at radius 1 is 1.25 bits per heavy atom. The molecule has 2 aliphatic rings. The molecule has 1 heterocycles. The molecular weight excluding hydrogens is 276 g/mol. The molecule has 1 aromatic rings. The molecule has 2 unspecified atom stereocenters. The van der Waals surface area contributed by atoms with Crippen LogP contribution in [0.15, 0.2) is 24.3 Å². The first kappa shape index (κ1) is 13.4. The van der Waals surface area contributed by atoms with Crippen LogP contribution in [0.1, 0.15) is 25.3 Å². The molecule has 106 valence electrons. The first-order chi connectivity index (χ1) is 9.56. The van der Waals surface area contributed by atoms with Crippen LogP contribution in [0.2, 0.25) is 5.02 Å². The van der Waals surface area contributed by atoms with Gasteiger partial charge in [-0.05, 0) is 43.4 Å². The summed E-state index contributed by atoms with van der Waals surface area (Å²) >= 11 is 5.86. The summed E-state index contributed by atoms with van der Waals surface area (Å²) < 4.78 is 0. The molecule has 1 aliphatic heterocycles. The number of rotatable bonds is 3. The van der Waals surface area contributed by atoms with Gasteiger partial charge in [0.2, 0.25) is 11.8 Å². The van der Waals surface area contributed by atoms with Crippen molar-refractivity contribution in [3.63, 3.8) is 0 Å². The van der Waals surface area contributed by atoms with E-state index in [9.17, 15) is 9.59 Å². The zero-order chi connectivity index (χ0) is 14.3. The number of halogens is 1. The molecule has 3 rings (SSSR count). The zero-order valence-corrected chi connectivity index (χ0v) is 12.1. The third kappa shape index (κ3) is 2.52. The van der Waals surface area contributed by atoms with E-state index in [2.05, 4.69) is 5.32 Å². The zero-order valence-electron chi connectivity index (χ0n) is 11.3. The molecule has 2 atom stereocenters. The summed E-state index contributed by atoms with van der Waals surface area (Å²) in [4.78, 5) is 26.2. The molecule has 2 amide bonds. The third-order valence-electron chi connectivity index (χ3n) is 4.05. The molecule has 5 heteroatoms. The molecule has 0 bridgehead atoms. The second kappa shape index (κ2) is 5.09. The highest BCUT2D eigenvalue weighted by Gasteiger charge is 2.45. The smallest absolute Gasteiger partial charge is 0.246 e. The minimum absolute atomic E-state index is 0.0366. The van der Waals surface area contributed by atoms with Crippen LogP contribution < -0.4 is 5.32 Å². The summed E-state index contributed by atoms with van der Waals surface area (Å²) in [5.74, 6) is 0.302. The van der Waals surface area contributed by atoms with Gasteiger partial charge in [0.25, 0.3) is 0 Å². The number of carbonyl (C=O) groups excluding carboxylic acids is 2. The van der Waals surface area contributed by atoms with Crippen molar-refractivity contribution in [2.24, 2.45) is 5.92 Å². The molecule has 4 nitrogen and oxygen atoms in total. The first-order valence-corrected chi connectivity index (χ1v) is 7.29. The number of carbonyl (C=O) groups is 2. The number of piperazine rings is 1. The van der Waals surface area contributed by atoms with Crippen molar-refractivity contribution >= 4 is 23.4 Å². The van der Waals surface area contributed by atoms with E-state index in [-0.39, 0.29) is 17.9 Å². The number of nitrogens with zero attached hydrogens (tertiary/aromatic N) is 1. The summed E-state index contributed by atoms with van der Waals surface area (Å²) in [6.07, 6.45) is 2.06. The van der Waals surface area contributed by atoms with Crippen LogP contribution in [0.5, 0.6) is 0 Å². The Kier molecular flexibility index (Phi) is 3.42. The molecule has 0 radical (unpaired) electrons. The second-order valence-corrected chi connectivity index (χ2v) is 6.03. The highest BCUT2D eigenvalue weighted by atomic mass is 35.5. The molecule has 20 heavy (non-hydrogen) atoms. The van der Waals surface area contributed by atoms with Gasteiger partial charge in [0, 0.05) is 11.6 Å². The Morgan fingerprint density at radius 3 is 2.50 bits per heavy atom. The van der Waals surface area contributed by atoms with Crippen LogP contribution >= 0.6 is 11.6 Å². The van der Waals surface area contributed by atoms with Gasteiger partial charge in [-0.2, -0.15) is 0 Å². The molecule has 1 N–H and O–H groups in total. The van der Waals surface area contributed by atoms with Gasteiger partial charge in [-0.3, -0.25) is 9.59 Å². The monoisotopic (exact) mass is 292 g/mol. The van der Waals surface area contributed by atoms with Crippen LogP contribution in [-0.2, 0) is 16.1 Å². The van der Waals surface area contributed by atoms with Crippen LogP contribution in [0.25, 0.3) is 0 Å². The predicted octanol–water partition coefficient (Wildman–Crippen LogP) is 1.97. The number of hydrogen-bond acceptors (Lipinski definition) is 2. The van der Waals surface area contributed by atoms with E-state index in [0.29, 0.717) is 17.5 Å². The summed E-state index contributed by atoms with van der Waals surface area (Å²) in [5, 5.41) is 3.52. The number of benzene rings is 1. The fourth-order valence-electron chi connectivity index (χ4n) is 2.60. The van der Waals surface area contributed by atoms with E-state index in [1.165, 1.54) is 0 Å².